The molecular weight excluding hydrogens is 697 g/mol. The molecule has 10 nitrogen and oxygen atoms in total. The number of fused-ring (bicyclic) bond motifs is 2. The van der Waals surface area contributed by atoms with E-state index in [0.29, 0.717) is 22.5 Å². The zero-order chi connectivity index (χ0) is 39.1. The number of ether oxygens (including phenoxy) is 2. The van der Waals surface area contributed by atoms with Crippen molar-refractivity contribution in [3.8, 4) is 11.5 Å². The number of carbonyl (C=O) groups is 3. The van der Waals surface area contributed by atoms with E-state index in [1.807, 2.05) is 111 Å². The lowest BCUT2D eigenvalue weighted by molar-refractivity contribution is -0.137. The number of nitrogens with zero attached hydrogens (tertiary/aromatic N) is 1. The first-order valence-electron chi connectivity index (χ1n) is 17.7. The quantitative estimate of drug-likeness (QED) is 0.118. The lowest BCUT2D eigenvalue weighted by Gasteiger charge is -2.20. The Hall–Kier alpha value is -6.81. The number of carboxylic acid groups (broad SMARTS) is 1. The molecule has 2 heterocycles. The van der Waals surface area contributed by atoms with E-state index >= 15 is 0 Å². The summed E-state index contributed by atoms with van der Waals surface area (Å²) in [6, 6.07) is 37.4. The van der Waals surface area contributed by atoms with Gasteiger partial charge in [-0.15, -0.1) is 0 Å². The number of carbonyl (C=O) groups excluding carboxylic acids is 2. The monoisotopic (exact) mass is 738 g/mol. The van der Waals surface area contributed by atoms with E-state index in [4.69, 9.17) is 23.4 Å². The van der Waals surface area contributed by atoms with Crippen LogP contribution in [-0.2, 0) is 4.79 Å². The van der Waals surface area contributed by atoms with E-state index in [9.17, 15) is 14.4 Å². The summed E-state index contributed by atoms with van der Waals surface area (Å²) in [4.78, 5) is 37.3. The average molecular weight is 739 g/mol. The van der Waals surface area contributed by atoms with Crippen LogP contribution in [0.15, 0.2) is 130 Å². The van der Waals surface area contributed by atoms with Gasteiger partial charge in [0.1, 0.15) is 34.5 Å². The van der Waals surface area contributed by atoms with Crippen molar-refractivity contribution in [1.82, 2.24) is 4.90 Å². The first-order valence-corrected chi connectivity index (χ1v) is 17.7. The van der Waals surface area contributed by atoms with Gasteiger partial charge in [0.25, 0.3) is 5.91 Å². The maximum absolute atomic E-state index is 12.6. The van der Waals surface area contributed by atoms with Gasteiger partial charge >= 0.3 is 5.97 Å². The van der Waals surface area contributed by atoms with Crippen LogP contribution in [0.3, 0.4) is 0 Å². The van der Waals surface area contributed by atoms with Crippen molar-refractivity contribution in [2.24, 2.45) is 0 Å². The smallest absolute Gasteiger partial charge is 0.305 e. The minimum atomic E-state index is -0.935. The SMILES string of the molecule is COc1ccc2oc(C(=O)c3ccccc3)c(C)c2c1.COc1ccc2oc(C(Nc3ccc(C(=O)N(C)CCC(=O)O)cc3)c3ccccc3)c(C)c2c1. The standard InChI is InChI=1S/C28H28N2O5.C17H14O3/c1-18-23-17-22(34-3)13-14-24(23)35-27(18)26(19-7-5-4-6-8-19)29-21-11-9-20(10-12-21)28(33)30(2)16-15-25(31)32;1-11-14-10-13(19-2)8-9-15(14)20-17(11)16(18)12-6-4-3-5-7-12/h4-14,17,26,29H,15-16H2,1-3H3,(H,31,32);3-10H,1-2H3. The first kappa shape index (κ1) is 37.9. The summed E-state index contributed by atoms with van der Waals surface area (Å²) >= 11 is 0. The molecule has 5 aromatic carbocycles. The van der Waals surface area contributed by atoms with Crippen molar-refractivity contribution in [1.29, 1.82) is 0 Å². The van der Waals surface area contributed by atoms with Crippen molar-refractivity contribution >= 4 is 45.3 Å². The number of rotatable bonds is 12. The molecule has 7 aromatic rings. The molecule has 0 bridgehead atoms. The second kappa shape index (κ2) is 16.9. The van der Waals surface area contributed by atoms with Gasteiger partial charge in [-0.05, 0) is 80.1 Å². The van der Waals surface area contributed by atoms with Crippen LogP contribution in [-0.4, -0.2) is 55.5 Å². The number of hydrogen-bond donors (Lipinski definition) is 2. The molecule has 0 spiro atoms. The number of aliphatic carboxylic acids is 1. The Morgan fingerprint density at radius 1 is 0.709 bits per heavy atom. The van der Waals surface area contributed by atoms with Gasteiger partial charge < -0.3 is 33.6 Å². The summed E-state index contributed by atoms with van der Waals surface area (Å²) < 4.78 is 22.6. The molecule has 0 aliphatic carbocycles. The number of aryl methyl sites for hydroxylation is 2. The Kier molecular flexibility index (Phi) is 11.7. The molecule has 0 aliphatic rings. The number of ketones is 1. The lowest BCUT2D eigenvalue weighted by Crippen LogP contribution is -2.29. The highest BCUT2D eigenvalue weighted by atomic mass is 16.5. The number of hydrogen-bond acceptors (Lipinski definition) is 8. The van der Waals surface area contributed by atoms with Crippen molar-refractivity contribution in [2.45, 2.75) is 26.3 Å². The molecule has 0 radical (unpaired) electrons. The fourth-order valence-electron chi connectivity index (χ4n) is 6.29. The van der Waals surface area contributed by atoms with E-state index in [0.717, 1.165) is 56.0 Å². The molecule has 7 rings (SSSR count). The maximum atomic E-state index is 12.6. The molecule has 2 aromatic heterocycles. The van der Waals surface area contributed by atoms with Gasteiger partial charge in [-0.2, -0.15) is 0 Å². The number of methoxy groups -OCH3 is 2. The van der Waals surface area contributed by atoms with Crippen LogP contribution >= 0.6 is 0 Å². The second-order valence-electron chi connectivity index (χ2n) is 13.0. The van der Waals surface area contributed by atoms with Crippen LogP contribution in [0.25, 0.3) is 21.9 Å². The highest BCUT2D eigenvalue weighted by molar-refractivity contribution is 6.10. The molecule has 55 heavy (non-hydrogen) atoms. The van der Waals surface area contributed by atoms with Crippen molar-refractivity contribution in [3.05, 3.63) is 161 Å². The van der Waals surface area contributed by atoms with Crippen LogP contribution in [0.4, 0.5) is 5.69 Å². The number of anilines is 1. The van der Waals surface area contributed by atoms with Gasteiger partial charge in [0.2, 0.25) is 5.78 Å². The molecule has 10 heteroatoms. The minimum Gasteiger partial charge on any atom is -0.497 e. The predicted molar refractivity (Wildman–Crippen MR) is 212 cm³/mol. The molecule has 0 aliphatic heterocycles. The van der Waals surface area contributed by atoms with Crippen LogP contribution in [0.2, 0.25) is 0 Å². The molecule has 1 unspecified atom stereocenters. The van der Waals surface area contributed by atoms with Gasteiger partial charge in [0.05, 0.1) is 20.6 Å². The summed E-state index contributed by atoms with van der Waals surface area (Å²) in [5.41, 5.74) is 6.32. The van der Waals surface area contributed by atoms with Gasteiger partial charge in [-0.3, -0.25) is 14.4 Å². The lowest BCUT2D eigenvalue weighted by atomic mass is 10.00. The van der Waals surface area contributed by atoms with E-state index in [-0.39, 0.29) is 30.7 Å². The number of amides is 1. The van der Waals surface area contributed by atoms with Gasteiger partial charge in [-0.1, -0.05) is 60.7 Å². The molecule has 0 fully saturated rings. The first-order chi connectivity index (χ1) is 26.6. The Labute approximate surface area is 318 Å². The number of nitrogens with one attached hydrogen (secondary N) is 1. The third-order valence-electron chi connectivity index (χ3n) is 9.41. The Balaban J connectivity index is 0.000000217. The molecular formula is C45H42N2O8. The summed E-state index contributed by atoms with van der Waals surface area (Å²) in [6.45, 7) is 4.08. The van der Waals surface area contributed by atoms with Crippen LogP contribution in [0, 0.1) is 13.8 Å². The van der Waals surface area contributed by atoms with Crippen LogP contribution in [0.5, 0.6) is 11.5 Å². The van der Waals surface area contributed by atoms with Crippen molar-refractivity contribution in [2.75, 3.05) is 33.1 Å². The molecule has 1 atom stereocenters. The van der Waals surface area contributed by atoms with Gasteiger partial charge in [0, 0.05) is 52.3 Å². The number of furan rings is 2. The van der Waals surface area contributed by atoms with Crippen LogP contribution in [0.1, 0.15) is 61.4 Å². The Morgan fingerprint density at radius 2 is 1.27 bits per heavy atom. The minimum absolute atomic E-state index is 0.0939. The molecule has 0 saturated carbocycles. The number of benzene rings is 5. The predicted octanol–water partition coefficient (Wildman–Crippen LogP) is 9.48. The molecule has 1 amide bonds. The molecule has 280 valence electrons. The topological polar surface area (TPSA) is 131 Å². The largest absolute Gasteiger partial charge is 0.497 e. The van der Waals surface area contributed by atoms with Gasteiger partial charge in [0.15, 0.2) is 5.76 Å². The summed E-state index contributed by atoms with van der Waals surface area (Å²) in [7, 11) is 4.86. The Morgan fingerprint density at radius 3 is 1.85 bits per heavy atom. The summed E-state index contributed by atoms with van der Waals surface area (Å²) in [5.74, 6) is 1.45. The van der Waals surface area contributed by atoms with E-state index in [1.165, 1.54) is 4.90 Å². The van der Waals surface area contributed by atoms with E-state index < -0.39 is 5.97 Å². The zero-order valence-corrected chi connectivity index (χ0v) is 31.3. The summed E-state index contributed by atoms with van der Waals surface area (Å²) in [5, 5.41) is 14.3. The average Bonchev–Trinajstić information content (AvgIpc) is 3.73. The van der Waals surface area contributed by atoms with E-state index in [1.54, 1.807) is 45.5 Å². The highest BCUT2D eigenvalue weighted by Gasteiger charge is 2.23. The maximum Gasteiger partial charge on any atom is 0.305 e. The zero-order valence-electron chi connectivity index (χ0n) is 31.3. The van der Waals surface area contributed by atoms with Gasteiger partial charge in [-0.25, -0.2) is 0 Å². The Bertz CT molecular complexity index is 2430. The second-order valence-corrected chi connectivity index (χ2v) is 13.0. The van der Waals surface area contributed by atoms with E-state index in [2.05, 4.69) is 5.32 Å². The normalized spacial score (nSPS) is 11.4. The summed E-state index contributed by atoms with van der Waals surface area (Å²) in [6.07, 6.45) is -0.0939. The van der Waals surface area contributed by atoms with Crippen LogP contribution < -0.4 is 14.8 Å². The fraction of sp³-hybridized carbons (Fsp3) is 0.178. The fourth-order valence-corrected chi connectivity index (χ4v) is 6.29. The highest BCUT2D eigenvalue weighted by Crippen LogP contribution is 2.36. The molecule has 2 N–H and O–H groups in total. The van der Waals surface area contributed by atoms with Crippen molar-refractivity contribution in [3.63, 3.8) is 0 Å². The third kappa shape index (κ3) is 8.55. The third-order valence-corrected chi connectivity index (χ3v) is 9.41. The number of carboxylic acids is 1. The molecule has 0 saturated heterocycles. The van der Waals surface area contributed by atoms with Crippen molar-refractivity contribution < 1.29 is 37.8 Å².